The van der Waals surface area contributed by atoms with E-state index in [2.05, 4.69) is 63.6 Å². The van der Waals surface area contributed by atoms with Crippen molar-refractivity contribution in [2.75, 3.05) is 12.8 Å². The topological polar surface area (TPSA) is 24.9 Å². The van der Waals surface area contributed by atoms with E-state index >= 15 is 0 Å². The second kappa shape index (κ2) is 6.06. The molecule has 1 aromatic rings. The molecule has 1 aromatic heterocycles. The van der Waals surface area contributed by atoms with Gasteiger partial charge in [-0.05, 0) is 25.3 Å². The van der Waals surface area contributed by atoms with Crippen LogP contribution in [0.5, 0.6) is 0 Å². The van der Waals surface area contributed by atoms with Gasteiger partial charge >= 0.3 is 0 Å². The highest BCUT2D eigenvalue weighted by molar-refractivity contribution is 8.07. The molecular formula is C16H26N2S3. The summed E-state index contributed by atoms with van der Waals surface area (Å²) in [6.45, 7) is 9.45. The molecule has 0 bridgehead atoms. The fourth-order valence-corrected chi connectivity index (χ4v) is 7.62. The van der Waals surface area contributed by atoms with Gasteiger partial charge in [0.2, 0.25) is 0 Å². The molecule has 0 radical (unpaired) electrons. The van der Waals surface area contributed by atoms with Crippen LogP contribution in [0.2, 0.25) is 0 Å². The largest absolute Gasteiger partial charge is 0.312 e. The number of nitrogens with zero attached hydrogens (tertiary/aromatic N) is 1. The molecule has 0 aromatic carbocycles. The molecule has 0 spiro atoms. The third kappa shape index (κ3) is 3.31. The van der Waals surface area contributed by atoms with Crippen molar-refractivity contribution < 1.29 is 0 Å². The molecule has 0 amide bonds. The van der Waals surface area contributed by atoms with Crippen LogP contribution >= 0.6 is 34.9 Å². The summed E-state index contributed by atoms with van der Waals surface area (Å²) in [5.41, 5.74) is 1.73. The first kappa shape index (κ1) is 16.2. The lowest BCUT2D eigenvalue weighted by Gasteiger charge is -2.34. The van der Waals surface area contributed by atoms with Crippen molar-refractivity contribution >= 4 is 34.9 Å². The molecule has 1 N–H and O–H groups in total. The van der Waals surface area contributed by atoms with Gasteiger partial charge in [-0.15, -0.1) is 23.1 Å². The zero-order chi connectivity index (χ0) is 15.2. The number of rotatable bonds is 2. The fraction of sp³-hybridized carbons (Fsp3) is 0.812. The van der Waals surface area contributed by atoms with Crippen LogP contribution in [-0.2, 0) is 6.42 Å². The lowest BCUT2D eigenvalue weighted by molar-refractivity contribution is 0.265. The standard InChI is InChI=1S/C16H26N2S3/c1-9-10(2)20-13(8-19-9)15-18-12-7-16(3,4)6-11(17-5)14(12)21-15/h9-11,13,17H,6-8H2,1-5H3. The van der Waals surface area contributed by atoms with Gasteiger partial charge in [0.15, 0.2) is 0 Å². The van der Waals surface area contributed by atoms with E-state index in [1.165, 1.54) is 27.8 Å². The summed E-state index contributed by atoms with van der Waals surface area (Å²) in [6, 6.07) is 0.493. The molecule has 3 rings (SSSR count). The van der Waals surface area contributed by atoms with Gasteiger partial charge in [-0.3, -0.25) is 0 Å². The van der Waals surface area contributed by atoms with Gasteiger partial charge in [0, 0.05) is 27.2 Å². The van der Waals surface area contributed by atoms with Gasteiger partial charge < -0.3 is 5.32 Å². The summed E-state index contributed by atoms with van der Waals surface area (Å²) in [4.78, 5) is 6.58. The highest BCUT2D eigenvalue weighted by Crippen LogP contribution is 2.49. The summed E-state index contributed by atoms with van der Waals surface area (Å²) < 4.78 is 0. The van der Waals surface area contributed by atoms with Crippen LogP contribution in [0.4, 0.5) is 0 Å². The maximum atomic E-state index is 5.07. The summed E-state index contributed by atoms with van der Waals surface area (Å²) in [5.74, 6) is 1.22. The molecular weight excluding hydrogens is 316 g/mol. The molecule has 4 unspecified atom stereocenters. The number of hydrogen-bond donors (Lipinski definition) is 1. The van der Waals surface area contributed by atoms with Crippen molar-refractivity contribution in [3.63, 3.8) is 0 Å². The average molecular weight is 343 g/mol. The van der Waals surface area contributed by atoms with E-state index in [0.717, 1.165) is 16.9 Å². The molecule has 2 nitrogen and oxygen atoms in total. The molecule has 0 saturated carbocycles. The van der Waals surface area contributed by atoms with Crippen LogP contribution in [0.25, 0.3) is 0 Å². The van der Waals surface area contributed by atoms with E-state index in [1.807, 2.05) is 11.3 Å². The first-order valence-electron chi connectivity index (χ1n) is 7.83. The lowest BCUT2D eigenvalue weighted by atomic mass is 9.76. The highest BCUT2D eigenvalue weighted by atomic mass is 32.2. The SMILES string of the molecule is CNC1CC(C)(C)Cc2nc(C3CSC(C)C(C)S3)sc21. The van der Waals surface area contributed by atoms with Crippen LogP contribution < -0.4 is 5.32 Å². The van der Waals surface area contributed by atoms with Crippen molar-refractivity contribution in [3.05, 3.63) is 15.6 Å². The third-order valence-corrected chi connectivity index (χ3v) is 9.51. The van der Waals surface area contributed by atoms with Gasteiger partial charge in [-0.25, -0.2) is 4.98 Å². The Bertz CT molecular complexity index is 512. The minimum Gasteiger partial charge on any atom is -0.312 e. The van der Waals surface area contributed by atoms with Gasteiger partial charge in [-0.2, -0.15) is 11.8 Å². The molecule has 1 aliphatic heterocycles. The smallest absolute Gasteiger partial charge is 0.107 e. The minimum atomic E-state index is 0.363. The Morgan fingerprint density at radius 2 is 2.00 bits per heavy atom. The highest BCUT2D eigenvalue weighted by Gasteiger charge is 2.36. The number of aromatic nitrogens is 1. The quantitative estimate of drug-likeness (QED) is 0.844. The average Bonchev–Trinajstić information content (AvgIpc) is 2.83. The van der Waals surface area contributed by atoms with Gasteiger partial charge in [-0.1, -0.05) is 27.7 Å². The second-order valence-corrected chi connectivity index (χ2v) is 11.2. The second-order valence-electron chi connectivity index (χ2n) is 7.12. The van der Waals surface area contributed by atoms with Crippen molar-refractivity contribution in [3.8, 4) is 0 Å². The van der Waals surface area contributed by atoms with E-state index in [0.29, 0.717) is 16.7 Å². The Kier molecular flexibility index (Phi) is 4.66. The predicted octanol–water partition coefficient (Wildman–Crippen LogP) is 4.67. The van der Waals surface area contributed by atoms with E-state index in [-0.39, 0.29) is 0 Å². The summed E-state index contributed by atoms with van der Waals surface area (Å²) in [6.07, 6.45) is 2.35. The van der Waals surface area contributed by atoms with Gasteiger partial charge in [0.05, 0.1) is 10.9 Å². The molecule has 1 fully saturated rings. The van der Waals surface area contributed by atoms with Crippen LogP contribution in [0.3, 0.4) is 0 Å². The monoisotopic (exact) mass is 342 g/mol. The fourth-order valence-electron chi connectivity index (χ4n) is 3.24. The summed E-state index contributed by atoms with van der Waals surface area (Å²) in [7, 11) is 2.09. The van der Waals surface area contributed by atoms with Crippen LogP contribution in [-0.4, -0.2) is 28.3 Å². The zero-order valence-corrected chi connectivity index (χ0v) is 16.1. The molecule has 2 heterocycles. The Balaban J connectivity index is 1.85. The number of fused-ring (bicyclic) bond motifs is 1. The molecule has 5 heteroatoms. The predicted molar refractivity (Wildman–Crippen MR) is 97.7 cm³/mol. The Morgan fingerprint density at radius 3 is 2.67 bits per heavy atom. The maximum Gasteiger partial charge on any atom is 0.107 e. The Hall–Kier alpha value is 0.290. The first-order chi connectivity index (χ1) is 9.89. The number of nitrogens with one attached hydrogen (secondary N) is 1. The molecule has 118 valence electrons. The van der Waals surface area contributed by atoms with E-state index in [1.54, 1.807) is 0 Å². The Labute approximate surface area is 141 Å². The lowest BCUT2D eigenvalue weighted by Crippen LogP contribution is -2.30. The van der Waals surface area contributed by atoms with E-state index in [9.17, 15) is 0 Å². The van der Waals surface area contributed by atoms with Gasteiger partial charge in [0.1, 0.15) is 5.01 Å². The van der Waals surface area contributed by atoms with Crippen LogP contribution in [0.15, 0.2) is 0 Å². The number of hydrogen-bond acceptors (Lipinski definition) is 5. The molecule has 21 heavy (non-hydrogen) atoms. The Morgan fingerprint density at radius 1 is 1.24 bits per heavy atom. The normalized spacial score (nSPS) is 35.5. The van der Waals surface area contributed by atoms with Crippen molar-refractivity contribution in [1.82, 2.24) is 10.3 Å². The van der Waals surface area contributed by atoms with E-state index < -0.39 is 0 Å². The maximum absolute atomic E-state index is 5.07. The zero-order valence-electron chi connectivity index (χ0n) is 13.6. The van der Waals surface area contributed by atoms with Crippen LogP contribution in [0.1, 0.15) is 61.0 Å². The number of thiazole rings is 1. The minimum absolute atomic E-state index is 0.363. The number of thioether (sulfide) groups is 2. The van der Waals surface area contributed by atoms with Gasteiger partial charge in [0.25, 0.3) is 0 Å². The van der Waals surface area contributed by atoms with Crippen LogP contribution in [0, 0.1) is 5.41 Å². The van der Waals surface area contributed by atoms with Crippen molar-refractivity contribution in [2.24, 2.45) is 5.41 Å². The molecule has 4 atom stereocenters. The van der Waals surface area contributed by atoms with Crippen molar-refractivity contribution in [2.45, 2.75) is 62.3 Å². The van der Waals surface area contributed by atoms with E-state index in [4.69, 9.17) is 4.98 Å². The summed E-state index contributed by atoms with van der Waals surface area (Å²) in [5, 5.41) is 6.97. The van der Waals surface area contributed by atoms with Crippen molar-refractivity contribution in [1.29, 1.82) is 0 Å². The first-order valence-corrected chi connectivity index (χ1v) is 10.6. The third-order valence-electron chi connectivity index (χ3n) is 4.64. The molecule has 1 aliphatic carbocycles. The molecule has 2 aliphatic rings. The molecule has 1 saturated heterocycles. The summed E-state index contributed by atoms with van der Waals surface area (Å²) >= 11 is 6.21.